The number of urea groups is 1. The fourth-order valence-electron chi connectivity index (χ4n) is 5.49. The van der Waals surface area contributed by atoms with Gasteiger partial charge in [0, 0.05) is 6.54 Å². The highest BCUT2D eigenvalue weighted by molar-refractivity contribution is 6.37. The zero-order chi connectivity index (χ0) is 28.1. The summed E-state index contributed by atoms with van der Waals surface area (Å²) in [5.41, 5.74) is 3.51. The molecule has 1 saturated heterocycles. The van der Waals surface area contributed by atoms with E-state index in [-0.39, 0.29) is 29.8 Å². The molecule has 208 valence electrons. The summed E-state index contributed by atoms with van der Waals surface area (Å²) in [6.45, 7) is 12.9. The lowest BCUT2D eigenvalue weighted by Crippen LogP contribution is -2.62. The van der Waals surface area contributed by atoms with Crippen LogP contribution in [0.4, 0.5) is 4.79 Å². The lowest BCUT2D eigenvalue weighted by atomic mass is 9.85. The van der Waals surface area contributed by atoms with E-state index in [1.54, 1.807) is 13.8 Å². The molecule has 1 aliphatic heterocycles. The summed E-state index contributed by atoms with van der Waals surface area (Å²) in [6.07, 6.45) is 2.20. The summed E-state index contributed by atoms with van der Waals surface area (Å²) in [4.78, 5) is 65.8. The summed E-state index contributed by atoms with van der Waals surface area (Å²) in [5.74, 6) is -2.55. The Morgan fingerprint density at radius 3 is 2.14 bits per heavy atom. The molecule has 0 spiro atoms. The molecule has 37 heavy (non-hydrogen) atoms. The summed E-state index contributed by atoms with van der Waals surface area (Å²) in [6, 6.07) is -3.40. The smallest absolute Gasteiger partial charge is 0.315 e. The molecule has 3 unspecified atom stereocenters. The number of aliphatic hydroxyl groups is 1. The molecule has 3 aliphatic rings. The molecule has 2 saturated carbocycles. The van der Waals surface area contributed by atoms with Crippen LogP contribution in [0.1, 0.15) is 67.7 Å². The van der Waals surface area contributed by atoms with Gasteiger partial charge in [0.15, 0.2) is 0 Å². The van der Waals surface area contributed by atoms with Crippen LogP contribution < -0.4 is 21.7 Å². The highest BCUT2D eigenvalue weighted by atomic mass is 16.3. The molecule has 1 heterocycles. The van der Waals surface area contributed by atoms with Gasteiger partial charge in [0.25, 0.3) is 5.91 Å². The van der Waals surface area contributed by atoms with Crippen LogP contribution in [-0.4, -0.2) is 76.4 Å². The highest BCUT2D eigenvalue weighted by Crippen LogP contribution is 2.65. The Hall–Kier alpha value is -2.69. The van der Waals surface area contributed by atoms with Crippen LogP contribution in [0.15, 0.2) is 0 Å². The monoisotopic (exact) mass is 521 g/mol. The number of rotatable bonds is 10. The van der Waals surface area contributed by atoms with E-state index in [0.29, 0.717) is 13.0 Å². The molecule has 3 rings (SSSR count). The van der Waals surface area contributed by atoms with Crippen LogP contribution in [0.5, 0.6) is 0 Å². The average molecular weight is 522 g/mol. The first kappa shape index (κ1) is 28.9. The van der Waals surface area contributed by atoms with Crippen molar-refractivity contribution in [3.05, 3.63) is 0 Å². The predicted molar refractivity (Wildman–Crippen MR) is 136 cm³/mol. The van der Waals surface area contributed by atoms with E-state index in [1.165, 1.54) is 4.90 Å². The molecule has 5 amide bonds. The quantitative estimate of drug-likeness (QED) is 0.259. The van der Waals surface area contributed by atoms with Crippen molar-refractivity contribution >= 4 is 29.5 Å². The summed E-state index contributed by atoms with van der Waals surface area (Å²) < 4.78 is 0. The zero-order valence-corrected chi connectivity index (χ0v) is 23.0. The number of nitrogens with one attached hydrogen (secondary N) is 3. The van der Waals surface area contributed by atoms with E-state index >= 15 is 0 Å². The molecule has 11 nitrogen and oxygen atoms in total. The lowest BCUT2D eigenvalue weighted by molar-refractivity contribution is -0.145. The van der Waals surface area contributed by atoms with E-state index in [4.69, 9.17) is 5.73 Å². The molecular weight excluding hydrogens is 478 g/mol. The maximum Gasteiger partial charge on any atom is 0.315 e. The minimum atomic E-state index is -1.09. The predicted octanol–water partition coefficient (Wildman–Crippen LogP) is 0.294. The molecular formula is C26H43N5O6. The third-order valence-corrected chi connectivity index (χ3v) is 8.14. The molecule has 0 aromatic rings. The van der Waals surface area contributed by atoms with Crippen molar-refractivity contribution in [2.45, 2.75) is 91.4 Å². The van der Waals surface area contributed by atoms with Gasteiger partial charge >= 0.3 is 6.03 Å². The van der Waals surface area contributed by atoms with Gasteiger partial charge in [0.2, 0.25) is 17.6 Å². The largest absolute Gasteiger partial charge is 0.394 e. The minimum Gasteiger partial charge on any atom is -0.394 e. The van der Waals surface area contributed by atoms with Crippen molar-refractivity contribution in [2.75, 3.05) is 13.2 Å². The molecule has 5 atom stereocenters. The second-order valence-corrected chi connectivity index (χ2v) is 13.3. The van der Waals surface area contributed by atoms with Crippen molar-refractivity contribution in [3.63, 3.8) is 0 Å². The molecule has 3 fully saturated rings. The number of likely N-dealkylation sites (tertiary alicyclic amines) is 1. The van der Waals surface area contributed by atoms with E-state index in [0.717, 1.165) is 12.8 Å². The van der Waals surface area contributed by atoms with Crippen LogP contribution in [0, 0.1) is 28.6 Å². The number of carbonyl (C=O) groups is 5. The number of primary amides is 1. The fraction of sp³-hybridized carbons (Fsp3) is 0.808. The highest BCUT2D eigenvalue weighted by Gasteiger charge is 2.70. The first-order valence-electron chi connectivity index (χ1n) is 13.0. The number of Topliss-reactive ketones (excluding diaryl/α,β-unsaturated/α-hetero) is 1. The maximum absolute atomic E-state index is 13.9. The number of amides is 5. The number of carbonyl (C=O) groups excluding carboxylic acids is 5. The van der Waals surface area contributed by atoms with Crippen LogP contribution >= 0.6 is 0 Å². The Morgan fingerprint density at radius 1 is 1.05 bits per heavy atom. The van der Waals surface area contributed by atoms with Crippen LogP contribution in [0.2, 0.25) is 0 Å². The number of ketones is 1. The Bertz CT molecular complexity index is 967. The number of nitrogens with two attached hydrogens (primary N) is 1. The van der Waals surface area contributed by atoms with E-state index in [2.05, 4.69) is 16.0 Å². The molecule has 0 aromatic carbocycles. The number of piperidine rings is 1. The first-order valence-corrected chi connectivity index (χ1v) is 13.0. The number of aliphatic hydroxyl groups excluding tert-OH is 1. The van der Waals surface area contributed by atoms with Crippen LogP contribution in [-0.2, 0) is 19.2 Å². The van der Waals surface area contributed by atoms with Gasteiger partial charge in [-0.2, -0.15) is 0 Å². The van der Waals surface area contributed by atoms with Gasteiger partial charge in [-0.05, 0) is 48.9 Å². The van der Waals surface area contributed by atoms with Crippen molar-refractivity contribution in [1.82, 2.24) is 20.9 Å². The molecule has 0 aromatic heterocycles. The number of hydrogen-bond acceptors (Lipinski definition) is 6. The van der Waals surface area contributed by atoms with Crippen molar-refractivity contribution in [1.29, 1.82) is 0 Å². The van der Waals surface area contributed by atoms with Crippen LogP contribution in [0.25, 0.3) is 0 Å². The van der Waals surface area contributed by atoms with E-state index < -0.39 is 58.6 Å². The van der Waals surface area contributed by atoms with Gasteiger partial charge in [-0.3, -0.25) is 19.2 Å². The third kappa shape index (κ3) is 6.25. The summed E-state index contributed by atoms with van der Waals surface area (Å²) in [5, 5.41) is 17.6. The number of fused-ring (bicyclic) bond motifs is 1. The van der Waals surface area contributed by atoms with Gasteiger partial charge in [0.1, 0.15) is 12.1 Å². The van der Waals surface area contributed by atoms with Crippen LogP contribution in [0.3, 0.4) is 0 Å². The second-order valence-electron chi connectivity index (χ2n) is 13.3. The average Bonchev–Trinajstić information content (AvgIpc) is 3.62. The Labute approximate surface area is 218 Å². The molecule has 6 N–H and O–H groups in total. The maximum atomic E-state index is 13.9. The number of nitrogens with zero attached hydrogens (tertiary/aromatic N) is 1. The summed E-state index contributed by atoms with van der Waals surface area (Å²) >= 11 is 0. The molecule has 0 bridgehead atoms. The SMILES string of the molecule is CC(C)(CO)NC(=O)N[C@H](C(=O)N1CC2C([C@H]1C(=O)NC(CC1CC1)C(=O)C(N)=O)C2(C)C)C(C)(C)C. The van der Waals surface area contributed by atoms with E-state index in [9.17, 15) is 29.1 Å². The number of hydrogen-bond donors (Lipinski definition) is 5. The van der Waals surface area contributed by atoms with Crippen molar-refractivity contribution in [3.8, 4) is 0 Å². The molecule has 2 aliphatic carbocycles. The van der Waals surface area contributed by atoms with Gasteiger partial charge in [-0.1, -0.05) is 47.5 Å². The van der Waals surface area contributed by atoms with Gasteiger partial charge in [-0.25, -0.2) is 4.79 Å². The minimum absolute atomic E-state index is 0.101. The molecule has 0 radical (unpaired) electrons. The fourth-order valence-corrected chi connectivity index (χ4v) is 5.49. The third-order valence-electron chi connectivity index (χ3n) is 8.14. The van der Waals surface area contributed by atoms with Crippen molar-refractivity contribution in [2.24, 2.45) is 34.3 Å². The lowest BCUT2D eigenvalue weighted by Gasteiger charge is -2.38. The topological polar surface area (TPSA) is 171 Å². The Balaban J connectivity index is 1.83. The zero-order valence-electron chi connectivity index (χ0n) is 23.0. The van der Waals surface area contributed by atoms with Gasteiger partial charge < -0.3 is 31.7 Å². The van der Waals surface area contributed by atoms with E-state index in [1.807, 2.05) is 34.6 Å². The standard InChI is InChI=1S/C26H43N5O6/c1-24(2,3)19(29-23(37)30-25(4,5)12-32)22(36)31-11-14-16(26(14,6)7)17(31)21(35)28-15(10-13-8-9-13)18(33)20(27)34/h13-17,19,32H,8-12H2,1-7H3,(H2,27,34)(H,28,35)(H2,29,30,37)/t14?,15?,16?,17-,19+/m0/s1. The normalized spacial score (nSPS) is 25.9. The summed E-state index contributed by atoms with van der Waals surface area (Å²) in [7, 11) is 0. The van der Waals surface area contributed by atoms with Gasteiger partial charge in [-0.15, -0.1) is 0 Å². The molecule has 11 heteroatoms. The Morgan fingerprint density at radius 2 is 1.65 bits per heavy atom. The Kier molecular flexibility index (Phi) is 7.71. The van der Waals surface area contributed by atoms with Crippen molar-refractivity contribution < 1.29 is 29.1 Å². The van der Waals surface area contributed by atoms with Gasteiger partial charge in [0.05, 0.1) is 18.2 Å². The second kappa shape index (κ2) is 9.89. The first-order chi connectivity index (χ1) is 16.9.